The molecule has 0 fully saturated rings. The first-order chi connectivity index (χ1) is 7.13. The fourth-order valence-electron chi connectivity index (χ4n) is 1.54. The third-order valence-electron chi connectivity index (χ3n) is 2.21. The van der Waals surface area contributed by atoms with Crippen LogP contribution in [0.5, 0.6) is 0 Å². The Morgan fingerprint density at radius 2 is 2.27 bits per heavy atom. The van der Waals surface area contributed by atoms with Gasteiger partial charge in [-0.25, -0.2) is 0 Å². The highest BCUT2D eigenvalue weighted by atomic mass is 32.2. The van der Waals surface area contributed by atoms with Gasteiger partial charge in [-0.2, -0.15) is 0 Å². The summed E-state index contributed by atoms with van der Waals surface area (Å²) in [6, 6.07) is 0.561. The lowest BCUT2D eigenvalue weighted by Gasteiger charge is -2.16. The molecule has 2 unspecified atom stereocenters. The second-order valence-electron chi connectivity index (χ2n) is 3.85. The topological polar surface area (TPSA) is 42.7 Å². The summed E-state index contributed by atoms with van der Waals surface area (Å²) in [6.07, 6.45) is 2.88. The summed E-state index contributed by atoms with van der Waals surface area (Å²) in [5.41, 5.74) is 0. The van der Waals surface area contributed by atoms with Gasteiger partial charge in [0.15, 0.2) is 5.16 Å². The van der Waals surface area contributed by atoms with E-state index in [1.54, 1.807) is 18.1 Å². The first kappa shape index (κ1) is 12.5. The van der Waals surface area contributed by atoms with Crippen LogP contribution < -0.4 is 5.32 Å². The Kier molecular flexibility index (Phi) is 5.11. The Labute approximate surface area is 95.9 Å². The molecule has 1 heterocycles. The molecular formula is C10H20N4S. The number of aryl methyl sites for hydroxylation is 1. The van der Waals surface area contributed by atoms with E-state index in [0.717, 1.165) is 18.1 Å². The molecule has 0 aliphatic heterocycles. The summed E-state index contributed by atoms with van der Waals surface area (Å²) in [7, 11) is 1.97. The molecule has 0 radical (unpaired) electrons. The molecule has 2 atom stereocenters. The summed E-state index contributed by atoms with van der Waals surface area (Å²) >= 11 is 1.78. The van der Waals surface area contributed by atoms with Crippen LogP contribution >= 0.6 is 11.8 Å². The first-order valence-corrected chi connectivity index (χ1v) is 6.25. The summed E-state index contributed by atoms with van der Waals surface area (Å²) in [5, 5.41) is 12.9. The number of nitrogens with zero attached hydrogens (tertiary/aromatic N) is 3. The highest BCUT2D eigenvalue weighted by Crippen LogP contribution is 2.23. The number of nitrogens with one attached hydrogen (secondary N) is 1. The number of thioether (sulfide) groups is 1. The van der Waals surface area contributed by atoms with Gasteiger partial charge < -0.3 is 9.88 Å². The molecule has 0 bridgehead atoms. The minimum atomic E-state index is 0.557. The van der Waals surface area contributed by atoms with E-state index in [0.29, 0.717) is 11.3 Å². The number of aromatic nitrogens is 3. The smallest absolute Gasteiger partial charge is 0.190 e. The van der Waals surface area contributed by atoms with Crippen molar-refractivity contribution in [2.45, 2.75) is 43.6 Å². The SMILES string of the molecule is CCNC(C)CC(C)Sc1nncn1C. The molecule has 0 amide bonds. The third kappa shape index (κ3) is 4.22. The van der Waals surface area contributed by atoms with Crippen LogP contribution in [0.2, 0.25) is 0 Å². The molecule has 0 saturated carbocycles. The van der Waals surface area contributed by atoms with Crippen LogP contribution in [0.1, 0.15) is 27.2 Å². The van der Waals surface area contributed by atoms with Crippen molar-refractivity contribution < 1.29 is 0 Å². The van der Waals surface area contributed by atoms with Crippen LogP contribution in [0.4, 0.5) is 0 Å². The summed E-state index contributed by atoms with van der Waals surface area (Å²) in [6.45, 7) is 7.61. The molecule has 5 heteroatoms. The van der Waals surface area contributed by atoms with E-state index < -0.39 is 0 Å². The summed E-state index contributed by atoms with van der Waals surface area (Å²) in [4.78, 5) is 0. The van der Waals surface area contributed by atoms with Gasteiger partial charge in [-0.3, -0.25) is 0 Å². The maximum Gasteiger partial charge on any atom is 0.190 e. The second-order valence-corrected chi connectivity index (χ2v) is 5.25. The Balaban J connectivity index is 2.36. The molecular weight excluding hydrogens is 208 g/mol. The average Bonchev–Trinajstić information content (AvgIpc) is 2.52. The molecule has 0 aliphatic carbocycles. The number of hydrogen-bond acceptors (Lipinski definition) is 4. The van der Waals surface area contributed by atoms with E-state index in [-0.39, 0.29) is 0 Å². The molecule has 1 rings (SSSR count). The van der Waals surface area contributed by atoms with Gasteiger partial charge in [0.1, 0.15) is 6.33 Å². The van der Waals surface area contributed by atoms with Gasteiger partial charge in [0.05, 0.1) is 0 Å². The molecule has 0 aromatic carbocycles. The van der Waals surface area contributed by atoms with Crippen molar-refractivity contribution in [3.05, 3.63) is 6.33 Å². The van der Waals surface area contributed by atoms with Gasteiger partial charge >= 0.3 is 0 Å². The summed E-state index contributed by atoms with van der Waals surface area (Å²) < 4.78 is 1.96. The largest absolute Gasteiger partial charge is 0.314 e. The zero-order valence-electron chi connectivity index (χ0n) is 9.90. The fourth-order valence-corrected chi connectivity index (χ4v) is 2.59. The van der Waals surface area contributed by atoms with Crippen LogP contribution in [0.15, 0.2) is 11.5 Å². The van der Waals surface area contributed by atoms with Gasteiger partial charge in [0.2, 0.25) is 0 Å². The Bertz CT molecular complexity index is 287. The first-order valence-electron chi connectivity index (χ1n) is 5.37. The maximum atomic E-state index is 4.06. The minimum absolute atomic E-state index is 0.557. The van der Waals surface area contributed by atoms with E-state index in [4.69, 9.17) is 0 Å². The van der Waals surface area contributed by atoms with Crippen molar-refractivity contribution in [3.8, 4) is 0 Å². The van der Waals surface area contributed by atoms with E-state index in [1.807, 2.05) is 11.6 Å². The Morgan fingerprint density at radius 3 is 2.80 bits per heavy atom. The van der Waals surface area contributed by atoms with Crippen LogP contribution in [0, 0.1) is 0 Å². The van der Waals surface area contributed by atoms with E-state index in [2.05, 4.69) is 36.3 Å². The van der Waals surface area contributed by atoms with Crippen molar-refractivity contribution >= 4 is 11.8 Å². The zero-order chi connectivity index (χ0) is 11.3. The lowest BCUT2D eigenvalue weighted by Crippen LogP contribution is -2.28. The van der Waals surface area contributed by atoms with Crippen LogP contribution in [0.3, 0.4) is 0 Å². The molecule has 0 spiro atoms. The van der Waals surface area contributed by atoms with Crippen LogP contribution in [-0.4, -0.2) is 32.6 Å². The summed E-state index contributed by atoms with van der Waals surface area (Å²) in [5.74, 6) is 0. The molecule has 1 N–H and O–H groups in total. The monoisotopic (exact) mass is 228 g/mol. The van der Waals surface area contributed by atoms with E-state index in [9.17, 15) is 0 Å². The lowest BCUT2D eigenvalue weighted by molar-refractivity contribution is 0.529. The maximum absolute atomic E-state index is 4.06. The normalized spacial score (nSPS) is 15.2. The molecule has 0 saturated heterocycles. The fraction of sp³-hybridized carbons (Fsp3) is 0.800. The van der Waals surface area contributed by atoms with Gasteiger partial charge in [-0.1, -0.05) is 25.6 Å². The van der Waals surface area contributed by atoms with Crippen molar-refractivity contribution in [1.29, 1.82) is 0 Å². The predicted molar refractivity (Wildman–Crippen MR) is 64.1 cm³/mol. The highest BCUT2D eigenvalue weighted by Gasteiger charge is 2.11. The van der Waals surface area contributed by atoms with Crippen molar-refractivity contribution in [3.63, 3.8) is 0 Å². The van der Waals surface area contributed by atoms with Gasteiger partial charge in [-0.05, 0) is 19.9 Å². The molecule has 4 nitrogen and oxygen atoms in total. The van der Waals surface area contributed by atoms with Crippen molar-refractivity contribution in [2.24, 2.45) is 7.05 Å². The number of hydrogen-bond donors (Lipinski definition) is 1. The lowest BCUT2D eigenvalue weighted by atomic mass is 10.2. The van der Waals surface area contributed by atoms with Crippen LogP contribution in [-0.2, 0) is 7.05 Å². The number of rotatable bonds is 6. The van der Waals surface area contributed by atoms with Crippen molar-refractivity contribution in [1.82, 2.24) is 20.1 Å². The zero-order valence-corrected chi connectivity index (χ0v) is 10.7. The third-order valence-corrected chi connectivity index (χ3v) is 3.39. The highest BCUT2D eigenvalue weighted by molar-refractivity contribution is 7.99. The quantitative estimate of drug-likeness (QED) is 0.752. The van der Waals surface area contributed by atoms with Gasteiger partial charge in [0, 0.05) is 18.3 Å². The Morgan fingerprint density at radius 1 is 1.53 bits per heavy atom. The Hall–Kier alpha value is -0.550. The molecule has 1 aromatic rings. The van der Waals surface area contributed by atoms with Gasteiger partial charge in [0.25, 0.3) is 0 Å². The van der Waals surface area contributed by atoms with E-state index >= 15 is 0 Å². The molecule has 86 valence electrons. The molecule has 1 aromatic heterocycles. The van der Waals surface area contributed by atoms with Crippen molar-refractivity contribution in [2.75, 3.05) is 6.54 Å². The molecule has 15 heavy (non-hydrogen) atoms. The average molecular weight is 228 g/mol. The second kappa shape index (κ2) is 6.12. The van der Waals surface area contributed by atoms with Gasteiger partial charge in [-0.15, -0.1) is 10.2 Å². The minimum Gasteiger partial charge on any atom is -0.314 e. The standard InChI is InChI=1S/C10H20N4S/c1-5-11-8(2)6-9(3)15-10-13-12-7-14(10)4/h7-9,11H,5-6H2,1-4H3. The van der Waals surface area contributed by atoms with Crippen LogP contribution in [0.25, 0.3) is 0 Å². The molecule has 0 aliphatic rings. The van der Waals surface area contributed by atoms with E-state index in [1.165, 1.54) is 0 Å². The predicted octanol–water partition coefficient (Wildman–Crippen LogP) is 1.68.